The first-order valence-electron chi connectivity index (χ1n) is 6.20. The minimum Gasteiger partial charge on any atom is -0.483 e. The Morgan fingerprint density at radius 3 is 2.74 bits per heavy atom. The molecule has 3 N–H and O–H groups in total. The second kappa shape index (κ2) is 7.09. The van der Waals surface area contributed by atoms with E-state index in [1.54, 1.807) is 6.07 Å². The number of aryl methyl sites for hydroxylation is 1. The highest BCUT2D eigenvalue weighted by atomic mass is 32.1. The lowest BCUT2D eigenvalue weighted by molar-refractivity contribution is -0.123. The Hall–Kier alpha value is -1.62. The van der Waals surface area contributed by atoms with Crippen LogP contribution in [0.5, 0.6) is 5.75 Å². The lowest BCUT2D eigenvalue weighted by Crippen LogP contribution is -2.31. The highest BCUT2D eigenvalue weighted by Gasteiger charge is 2.07. The van der Waals surface area contributed by atoms with Crippen LogP contribution in [0.25, 0.3) is 0 Å². The van der Waals surface area contributed by atoms with Gasteiger partial charge in [-0.25, -0.2) is 0 Å². The highest BCUT2D eigenvalue weighted by molar-refractivity contribution is 7.80. The molecule has 0 saturated carbocycles. The Kier molecular flexibility index (Phi) is 5.76. The van der Waals surface area contributed by atoms with Crippen LogP contribution in [0.3, 0.4) is 0 Å². The molecule has 0 unspecified atom stereocenters. The average Bonchev–Trinajstić information content (AvgIpc) is 2.35. The molecule has 0 heterocycles. The van der Waals surface area contributed by atoms with Gasteiger partial charge in [-0.1, -0.05) is 38.2 Å². The average molecular weight is 280 g/mol. The lowest BCUT2D eigenvalue weighted by Gasteiger charge is -2.11. The molecule has 0 spiro atoms. The van der Waals surface area contributed by atoms with Gasteiger partial charge in [-0.05, 0) is 24.5 Å². The molecule has 0 aromatic heterocycles. The summed E-state index contributed by atoms with van der Waals surface area (Å²) in [5.74, 6) is 0.919. The van der Waals surface area contributed by atoms with Crippen molar-refractivity contribution in [1.29, 1.82) is 0 Å². The Bertz CT molecular complexity index is 473. The summed E-state index contributed by atoms with van der Waals surface area (Å²) in [6, 6.07) is 5.46. The van der Waals surface area contributed by atoms with Crippen molar-refractivity contribution in [2.45, 2.75) is 20.8 Å². The molecular formula is C14H20N2O2S. The number of ether oxygens (including phenoxy) is 1. The van der Waals surface area contributed by atoms with Crippen LogP contribution in [0.1, 0.15) is 25.0 Å². The number of thiocarbonyl (C=S) groups is 1. The maximum Gasteiger partial charge on any atom is 0.257 e. The molecule has 0 atom stereocenters. The van der Waals surface area contributed by atoms with Gasteiger partial charge in [0, 0.05) is 12.1 Å². The van der Waals surface area contributed by atoms with Crippen molar-refractivity contribution in [3.05, 3.63) is 29.3 Å². The summed E-state index contributed by atoms with van der Waals surface area (Å²) in [5.41, 5.74) is 7.24. The highest BCUT2D eigenvalue weighted by Crippen LogP contribution is 2.19. The number of nitrogens with two attached hydrogens (primary N) is 1. The second-order valence-corrected chi connectivity index (χ2v) is 5.27. The van der Waals surface area contributed by atoms with E-state index in [9.17, 15) is 4.79 Å². The normalized spacial score (nSPS) is 10.3. The summed E-state index contributed by atoms with van der Waals surface area (Å²) < 4.78 is 5.49. The van der Waals surface area contributed by atoms with E-state index in [1.807, 2.05) is 32.9 Å². The molecule has 104 valence electrons. The van der Waals surface area contributed by atoms with Crippen LogP contribution in [0, 0.1) is 12.8 Å². The minimum atomic E-state index is -0.131. The fourth-order valence-corrected chi connectivity index (χ4v) is 1.55. The zero-order chi connectivity index (χ0) is 14.4. The zero-order valence-electron chi connectivity index (χ0n) is 11.5. The molecule has 0 aliphatic carbocycles. The van der Waals surface area contributed by atoms with Crippen molar-refractivity contribution in [3.8, 4) is 5.75 Å². The van der Waals surface area contributed by atoms with E-state index < -0.39 is 0 Å². The lowest BCUT2D eigenvalue weighted by atomic mass is 10.1. The predicted octanol–water partition coefficient (Wildman–Crippen LogP) is 1.78. The van der Waals surface area contributed by atoms with E-state index >= 15 is 0 Å². The standard InChI is InChI=1S/C14H20N2O2S/c1-9(2)7-16-13(17)8-18-12-6-11(14(15)19)5-4-10(12)3/h4-6,9H,7-8H2,1-3H3,(H2,15,19)(H,16,17). The molecule has 0 saturated heterocycles. The number of hydrogen-bond acceptors (Lipinski definition) is 3. The van der Waals surface area contributed by atoms with Crippen LogP contribution in [0.2, 0.25) is 0 Å². The summed E-state index contributed by atoms with van der Waals surface area (Å²) in [4.78, 5) is 11.9. The SMILES string of the molecule is Cc1ccc(C(N)=S)cc1OCC(=O)NCC(C)C. The maximum atomic E-state index is 11.6. The van der Waals surface area contributed by atoms with Crippen molar-refractivity contribution < 1.29 is 9.53 Å². The Morgan fingerprint density at radius 1 is 1.47 bits per heavy atom. The van der Waals surface area contributed by atoms with Crippen LogP contribution >= 0.6 is 12.2 Å². The first-order valence-corrected chi connectivity index (χ1v) is 6.61. The molecule has 1 rings (SSSR count). The topological polar surface area (TPSA) is 64.3 Å². The molecule has 19 heavy (non-hydrogen) atoms. The molecule has 0 radical (unpaired) electrons. The maximum absolute atomic E-state index is 11.6. The van der Waals surface area contributed by atoms with Crippen LogP contribution in [0.15, 0.2) is 18.2 Å². The molecule has 0 bridgehead atoms. The van der Waals surface area contributed by atoms with E-state index in [-0.39, 0.29) is 12.5 Å². The third-order valence-corrected chi connectivity index (χ3v) is 2.77. The summed E-state index contributed by atoms with van der Waals surface area (Å²) in [6.45, 7) is 6.63. The number of nitrogens with one attached hydrogen (secondary N) is 1. The predicted molar refractivity (Wildman–Crippen MR) is 80.4 cm³/mol. The molecule has 1 amide bonds. The van der Waals surface area contributed by atoms with E-state index in [4.69, 9.17) is 22.7 Å². The van der Waals surface area contributed by atoms with Crippen molar-refractivity contribution >= 4 is 23.1 Å². The van der Waals surface area contributed by atoms with Crippen molar-refractivity contribution in [3.63, 3.8) is 0 Å². The molecule has 5 heteroatoms. The zero-order valence-corrected chi connectivity index (χ0v) is 12.3. The van der Waals surface area contributed by atoms with Gasteiger partial charge in [0.1, 0.15) is 10.7 Å². The van der Waals surface area contributed by atoms with Gasteiger partial charge in [-0.2, -0.15) is 0 Å². The fraction of sp³-hybridized carbons (Fsp3) is 0.429. The Morgan fingerprint density at radius 2 is 2.16 bits per heavy atom. The number of benzene rings is 1. The van der Waals surface area contributed by atoms with Gasteiger partial charge in [0.05, 0.1) is 0 Å². The van der Waals surface area contributed by atoms with Crippen LogP contribution in [-0.2, 0) is 4.79 Å². The molecule has 1 aromatic rings. The van der Waals surface area contributed by atoms with Crippen LogP contribution in [0.4, 0.5) is 0 Å². The van der Waals surface area contributed by atoms with E-state index in [1.165, 1.54) is 0 Å². The molecule has 4 nitrogen and oxygen atoms in total. The molecule has 1 aromatic carbocycles. The van der Waals surface area contributed by atoms with Gasteiger partial charge in [-0.15, -0.1) is 0 Å². The Balaban J connectivity index is 2.59. The largest absolute Gasteiger partial charge is 0.483 e. The second-order valence-electron chi connectivity index (χ2n) is 4.83. The Labute approximate surface area is 119 Å². The fourth-order valence-electron chi connectivity index (χ4n) is 1.42. The van der Waals surface area contributed by atoms with Gasteiger partial charge in [-0.3, -0.25) is 4.79 Å². The van der Waals surface area contributed by atoms with Gasteiger partial charge in [0.15, 0.2) is 6.61 Å². The monoisotopic (exact) mass is 280 g/mol. The number of carbonyl (C=O) groups is 1. The van der Waals surface area contributed by atoms with Gasteiger partial charge in [0.25, 0.3) is 5.91 Å². The number of amides is 1. The molecule has 0 aliphatic heterocycles. The molecular weight excluding hydrogens is 260 g/mol. The van der Waals surface area contributed by atoms with Gasteiger partial charge < -0.3 is 15.8 Å². The van der Waals surface area contributed by atoms with Gasteiger partial charge >= 0.3 is 0 Å². The summed E-state index contributed by atoms with van der Waals surface area (Å²) in [5, 5.41) is 2.79. The first-order chi connectivity index (χ1) is 8.90. The minimum absolute atomic E-state index is 0.00561. The van der Waals surface area contributed by atoms with Gasteiger partial charge in [0.2, 0.25) is 0 Å². The first kappa shape index (κ1) is 15.4. The quantitative estimate of drug-likeness (QED) is 0.780. The number of hydrogen-bond donors (Lipinski definition) is 2. The van der Waals surface area contributed by atoms with Crippen molar-refractivity contribution in [2.75, 3.05) is 13.2 Å². The number of carbonyl (C=O) groups excluding carboxylic acids is 1. The van der Waals surface area contributed by atoms with Crippen LogP contribution in [-0.4, -0.2) is 24.0 Å². The summed E-state index contributed by atoms with van der Waals surface area (Å²) in [7, 11) is 0. The van der Waals surface area contributed by atoms with Crippen LogP contribution < -0.4 is 15.8 Å². The van der Waals surface area contributed by atoms with E-state index in [0.29, 0.717) is 23.2 Å². The van der Waals surface area contributed by atoms with E-state index in [2.05, 4.69) is 5.32 Å². The smallest absolute Gasteiger partial charge is 0.257 e. The molecule has 0 aliphatic rings. The van der Waals surface area contributed by atoms with Crippen molar-refractivity contribution in [1.82, 2.24) is 5.32 Å². The summed E-state index contributed by atoms with van der Waals surface area (Å²) in [6.07, 6.45) is 0. The van der Waals surface area contributed by atoms with E-state index in [0.717, 1.165) is 11.1 Å². The molecule has 0 fully saturated rings. The summed E-state index contributed by atoms with van der Waals surface area (Å²) >= 11 is 4.91. The third-order valence-electron chi connectivity index (χ3n) is 2.54. The van der Waals surface area contributed by atoms with Crippen molar-refractivity contribution in [2.24, 2.45) is 11.7 Å². The third kappa shape index (κ3) is 5.26. The number of rotatable bonds is 6.